The van der Waals surface area contributed by atoms with Gasteiger partial charge >= 0.3 is 0 Å². The molecule has 0 aromatic heterocycles. The summed E-state index contributed by atoms with van der Waals surface area (Å²) in [5, 5.41) is 3.43. The molecule has 1 rings (SSSR count). The predicted octanol–water partition coefficient (Wildman–Crippen LogP) is 2.91. The Kier molecular flexibility index (Phi) is 4.92. The van der Waals surface area contributed by atoms with E-state index in [4.69, 9.17) is 11.6 Å². The van der Waals surface area contributed by atoms with Crippen LogP contribution in [0.25, 0.3) is 0 Å². The lowest BCUT2D eigenvalue weighted by molar-refractivity contribution is 0.238. The molecule has 0 aliphatic carbocycles. The third-order valence-corrected chi connectivity index (χ3v) is 3.07. The third-order valence-electron chi connectivity index (χ3n) is 2.78. The second kappa shape index (κ2) is 5.80. The summed E-state index contributed by atoms with van der Waals surface area (Å²) in [4.78, 5) is 2.18. The first kappa shape index (κ1) is 14.4. The normalized spacial score (nSPS) is 12.2. The van der Waals surface area contributed by atoms with Gasteiger partial charge in [-0.25, -0.2) is 4.39 Å². The molecule has 1 aromatic carbocycles. The molecule has 0 atom stereocenters. The Hall–Kier alpha value is -0.640. The minimum absolute atomic E-state index is 0.0541. The average molecular weight is 259 g/mol. The monoisotopic (exact) mass is 258 g/mol. The van der Waals surface area contributed by atoms with E-state index in [2.05, 4.69) is 24.1 Å². The molecule has 0 aliphatic rings. The van der Waals surface area contributed by atoms with Crippen molar-refractivity contribution < 1.29 is 4.39 Å². The molecule has 0 unspecified atom stereocenters. The van der Waals surface area contributed by atoms with E-state index in [1.807, 2.05) is 14.1 Å². The number of nitrogens with one attached hydrogen (secondary N) is 1. The zero-order valence-corrected chi connectivity index (χ0v) is 11.6. The minimum atomic E-state index is -0.367. The number of benzene rings is 1. The van der Waals surface area contributed by atoms with Crippen molar-refractivity contribution in [3.63, 3.8) is 0 Å². The SMILES string of the molecule is CNC(C)(C)CN(C)Cc1ccc(F)c(Cl)c1. The van der Waals surface area contributed by atoms with Gasteiger partial charge in [0.1, 0.15) is 5.82 Å². The Bertz CT molecular complexity index is 380. The number of halogens is 2. The number of hydrogen-bond acceptors (Lipinski definition) is 2. The zero-order valence-electron chi connectivity index (χ0n) is 10.8. The summed E-state index contributed by atoms with van der Waals surface area (Å²) in [6, 6.07) is 4.86. The van der Waals surface area contributed by atoms with Crippen LogP contribution in [0.2, 0.25) is 5.02 Å². The molecule has 1 aromatic rings. The topological polar surface area (TPSA) is 15.3 Å². The van der Waals surface area contributed by atoms with Crippen molar-refractivity contribution in [1.29, 1.82) is 0 Å². The molecule has 4 heteroatoms. The van der Waals surface area contributed by atoms with Gasteiger partial charge < -0.3 is 10.2 Å². The van der Waals surface area contributed by atoms with Crippen LogP contribution in [0.1, 0.15) is 19.4 Å². The van der Waals surface area contributed by atoms with Crippen molar-refractivity contribution in [3.8, 4) is 0 Å². The molecule has 0 aliphatic heterocycles. The fraction of sp³-hybridized carbons (Fsp3) is 0.538. The molecule has 1 N–H and O–H groups in total. The van der Waals surface area contributed by atoms with Crippen molar-refractivity contribution in [2.24, 2.45) is 0 Å². The van der Waals surface area contributed by atoms with Gasteiger partial charge in [0.2, 0.25) is 0 Å². The molecular weight excluding hydrogens is 239 g/mol. The van der Waals surface area contributed by atoms with Crippen LogP contribution in [-0.2, 0) is 6.54 Å². The van der Waals surface area contributed by atoms with E-state index < -0.39 is 0 Å². The van der Waals surface area contributed by atoms with Gasteiger partial charge in [0.15, 0.2) is 0 Å². The van der Waals surface area contributed by atoms with E-state index in [-0.39, 0.29) is 16.4 Å². The number of hydrogen-bond donors (Lipinski definition) is 1. The first-order valence-corrected chi connectivity index (χ1v) is 6.03. The highest BCUT2D eigenvalue weighted by Gasteiger charge is 2.17. The number of nitrogens with zero attached hydrogens (tertiary/aromatic N) is 1. The summed E-state index contributed by atoms with van der Waals surface area (Å²) >= 11 is 5.75. The number of likely N-dealkylation sites (N-methyl/N-ethyl adjacent to an activating group) is 2. The van der Waals surface area contributed by atoms with Crippen LogP contribution in [0.4, 0.5) is 4.39 Å². The van der Waals surface area contributed by atoms with E-state index in [1.54, 1.807) is 12.1 Å². The van der Waals surface area contributed by atoms with E-state index in [0.29, 0.717) is 0 Å². The highest BCUT2D eigenvalue weighted by atomic mass is 35.5. The van der Waals surface area contributed by atoms with Crippen LogP contribution in [-0.4, -0.2) is 31.1 Å². The summed E-state index contributed by atoms with van der Waals surface area (Å²) in [7, 11) is 3.99. The second-order valence-electron chi connectivity index (χ2n) is 5.05. The molecule has 0 heterocycles. The minimum Gasteiger partial charge on any atom is -0.314 e. The van der Waals surface area contributed by atoms with E-state index in [0.717, 1.165) is 18.7 Å². The molecule has 0 saturated heterocycles. The van der Waals surface area contributed by atoms with Gasteiger partial charge in [-0.05, 0) is 45.6 Å². The molecule has 2 nitrogen and oxygen atoms in total. The molecule has 0 amide bonds. The van der Waals surface area contributed by atoms with Gasteiger partial charge in [-0.15, -0.1) is 0 Å². The first-order chi connectivity index (χ1) is 7.84. The van der Waals surface area contributed by atoms with Crippen LogP contribution < -0.4 is 5.32 Å². The summed E-state index contributed by atoms with van der Waals surface area (Å²) in [6.07, 6.45) is 0. The molecular formula is C13H20ClFN2. The summed E-state index contributed by atoms with van der Waals surface area (Å²) in [5.74, 6) is -0.367. The smallest absolute Gasteiger partial charge is 0.141 e. The Morgan fingerprint density at radius 1 is 1.41 bits per heavy atom. The molecule has 96 valence electrons. The quantitative estimate of drug-likeness (QED) is 0.874. The second-order valence-corrected chi connectivity index (χ2v) is 5.46. The van der Waals surface area contributed by atoms with Gasteiger partial charge in [-0.3, -0.25) is 0 Å². The highest BCUT2D eigenvalue weighted by molar-refractivity contribution is 6.30. The largest absolute Gasteiger partial charge is 0.314 e. The van der Waals surface area contributed by atoms with Crippen LogP contribution in [0, 0.1) is 5.82 Å². The molecule has 0 fully saturated rings. The Morgan fingerprint density at radius 2 is 2.06 bits per heavy atom. The Balaban J connectivity index is 2.62. The van der Waals surface area contributed by atoms with Gasteiger partial charge in [0.25, 0.3) is 0 Å². The van der Waals surface area contributed by atoms with Gasteiger partial charge in [0, 0.05) is 18.6 Å². The van der Waals surface area contributed by atoms with Crippen LogP contribution in [0.3, 0.4) is 0 Å². The molecule has 0 saturated carbocycles. The standard InChI is InChI=1S/C13H20ClFN2/c1-13(2,16-3)9-17(4)8-10-5-6-12(15)11(14)7-10/h5-7,16H,8-9H2,1-4H3. The highest BCUT2D eigenvalue weighted by Crippen LogP contribution is 2.17. The molecule has 0 radical (unpaired) electrons. The fourth-order valence-corrected chi connectivity index (χ4v) is 1.96. The van der Waals surface area contributed by atoms with Crippen molar-refractivity contribution >= 4 is 11.6 Å². The summed E-state index contributed by atoms with van der Waals surface area (Å²) in [6.45, 7) is 5.94. The van der Waals surface area contributed by atoms with Crippen molar-refractivity contribution in [2.45, 2.75) is 25.9 Å². The Morgan fingerprint density at radius 3 is 2.59 bits per heavy atom. The maximum atomic E-state index is 13.0. The fourth-order valence-electron chi connectivity index (χ4n) is 1.76. The van der Waals surface area contributed by atoms with Crippen molar-refractivity contribution in [1.82, 2.24) is 10.2 Å². The Labute approximate surface area is 108 Å². The van der Waals surface area contributed by atoms with Gasteiger partial charge in [0.05, 0.1) is 5.02 Å². The lowest BCUT2D eigenvalue weighted by atomic mass is 10.1. The molecule has 17 heavy (non-hydrogen) atoms. The maximum Gasteiger partial charge on any atom is 0.141 e. The first-order valence-electron chi connectivity index (χ1n) is 5.65. The predicted molar refractivity (Wildman–Crippen MR) is 70.9 cm³/mol. The van der Waals surface area contributed by atoms with E-state index in [9.17, 15) is 4.39 Å². The molecule has 0 spiro atoms. The van der Waals surface area contributed by atoms with E-state index in [1.165, 1.54) is 6.07 Å². The van der Waals surface area contributed by atoms with Crippen molar-refractivity contribution in [3.05, 3.63) is 34.6 Å². The maximum absolute atomic E-state index is 13.0. The lowest BCUT2D eigenvalue weighted by Crippen LogP contribution is -2.46. The third kappa shape index (κ3) is 4.62. The summed E-state index contributed by atoms with van der Waals surface area (Å²) < 4.78 is 13.0. The lowest BCUT2D eigenvalue weighted by Gasteiger charge is -2.30. The van der Waals surface area contributed by atoms with Crippen LogP contribution in [0.5, 0.6) is 0 Å². The van der Waals surface area contributed by atoms with E-state index >= 15 is 0 Å². The zero-order chi connectivity index (χ0) is 13.1. The summed E-state index contributed by atoms with van der Waals surface area (Å²) in [5.41, 5.74) is 1.07. The van der Waals surface area contributed by atoms with Gasteiger partial charge in [-0.2, -0.15) is 0 Å². The average Bonchev–Trinajstić information content (AvgIpc) is 2.23. The molecule has 0 bridgehead atoms. The van der Waals surface area contributed by atoms with Gasteiger partial charge in [-0.1, -0.05) is 17.7 Å². The van der Waals surface area contributed by atoms with Crippen molar-refractivity contribution in [2.75, 3.05) is 20.6 Å². The van der Waals surface area contributed by atoms with Crippen LogP contribution in [0.15, 0.2) is 18.2 Å². The van der Waals surface area contributed by atoms with Crippen LogP contribution >= 0.6 is 11.6 Å². The number of rotatable bonds is 5.